The molecule has 0 unspecified atom stereocenters. The molecule has 1 aromatic carbocycles. The van der Waals surface area contributed by atoms with Gasteiger partial charge in [0.05, 0.1) is 6.04 Å². The van der Waals surface area contributed by atoms with Crippen LogP contribution in [0.3, 0.4) is 0 Å². The van der Waals surface area contributed by atoms with Crippen LogP contribution in [0.5, 0.6) is 0 Å². The van der Waals surface area contributed by atoms with Gasteiger partial charge in [-0.25, -0.2) is 4.79 Å². The second-order valence-electron chi connectivity index (χ2n) is 5.60. The maximum atomic E-state index is 11.9. The third-order valence-electron chi connectivity index (χ3n) is 3.64. The smallest absolute Gasteiger partial charge is 0.341 e. The summed E-state index contributed by atoms with van der Waals surface area (Å²) in [7, 11) is 0. The van der Waals surface area contributed by atoms with E-state index in [1.54, 1.807) is 24.3 Å². The van der Waals surface area contributed by atoms with Crippen LogP contribution in [-0.4, -0.2) is 33.9 Å². The van der Waals surface area contributed by atoms with Gasteiger partial charge >= 0.3 is 5.97 Å². The highest BCUT2D eigenvalue weighted by atomic mass is 16.4. The van der Waals surface area contributed by atoms with Crippen molar-refractivity contribution in [2.45, 2.75) is 18.9 Å². The molecule has 136 valence electrons. The van der Waals surface area contributed by atoms with Crippen LogP contribution < -0.4 is 22.3 Å². The summed E-state index contributed by atoms with van der Waals surface area (Å²) < 4.78 is 0. The molecule has 1 heterocycles. The van der Waals surface area contributed by atoms with E-state index in [0.717, 1.165) is 0 Å². The third kappa shape index (κ3) is 4.77. The molecule has 2 aromatic rings. The van der Waals surface area contributed by atoms with Gasteiger partial charge in [0.25, 0.3) is 5.56 Å². The van der Waals surface area contributed by atoms with Gasteiger partial charge in [0.1, 0.15) is 5.56 Å². The molecule has 9 heteroatoms. The minimum Gasteiger partial charge on any atom is -0.477 e. The summed E-state index contributed by atoms with van der Waals surface area (Å²) in [5.74, 6) is -2.28. The Morgan fingerprint density at radius 2 is 1.77 bits per heavy atom. The number of hydrogen-bond donors (Lipinski definition) is 5. The number of primary amides is 1. The number of carbonyl (C=O) groups excluding carboxylic acids is 2. The molecule has 2 rings (SSSR count). The van der Waals surface area contributed by atoms with Gasteiger partial charge in [-0.15, -0.1) is 0 Å². The number of aromatic amines is 1. The first-order valence-corrected chi connectivity index (χ1v) is 7.69. The zero-order valence-corrected chi connectivity index (χ0v) is 13.7. The summed E-state index contributed by atoms with van der Waals surface area (Å²) in [4.78, 5) is 47.7. The van der Waals surface area contributed by atoms with Gasteiger partial charge in [-0.2, -0.15) is 0 Å². The summed E-state index contributed by atoms with van der Waals surface area (Å²) >= 11 is 0. The van der Waals surface area contributed by atoms with Crippen molar-refractivity contribution < 1.29 is 19.5 Å². The Morgan fingerprint density at radius 1 is 1.12 bits per heavy atom. The zero-order valence-electron chi connectivity index (χ0n) is 13.7. The summed E-state index contributed by atoms with van der Waals surface area (Å²) in [6, 6.07) is 8.37. The number of H-pyrrole nitrogens is 1. The Labute approximate surface area is 148 Å². The Hall–Kier alpha value is -3.46. The van der Waals surface area contributed by atoms with Gasteiger partial charge in [-0.1, -0.05) is 12.1 Å². The number of benzene rings is 1. The van der Waals surface area contributed by atoms with Gasteiger partial charge in [0.2, 0.25) is 11.8 Å². The SMILES string of the molecule is NC(=O)CC[C@@H](N)C(=O)Nc1ccc(-c2ccc(C(=O)O)c(=O)[nH]2)cc1. The number of nitrogens with one attached hydrogen (secondary N) is 2. The number of amides is 2. The fraction of sp³-hybridized carbons (Fsp3) is 0.176. The molecule has 0 bridgehead atoms. The molecule has 0 aliphatic heterocycles. The zero-order chi connectivity index (χ0) is 19.3. The molecule has 1 aromatic heterocycles. The highest BCUT2D eigenvalue weighted by Gasteiger charge is 2.14. The number of nitrogens with two attached hydrogens (primary N) is 2. The third-order valence-corrected chi connectivity index (χ3v) is 3.64. The fourth-order valence-corrected chi connectivity index (χ4v) is 2.21. The lowest BCUT2D eigenvalue weighted by Crippen LogP contribution is -2.36. The predicted molar refractivity (Wildman–Crippen MR) is 94.5 cm³/mol. The molecule has 9 nitrogen and oxygen atoms in total. The fourth-order valence-electron chi connectivity index (χ4n) is 2.21. The van der Waals surface area contributed by atoms with Gasteiger partial charge in [0, 0.05) is 17.8 Å². The van der Waals surface area contributed by atoms with Crippen LogP contribution in [0.4, 0.5) is 5.69 Å². The second kappa shape index (κ2) is 8.08. The first kappa shape index (κ1) is 18.9. The maximum absolute atomic E-state index is 11.9. The average Bonchev–Trinajstić information content (AvgIpc) is 2.59. The topological polar surface area (TPSA) is 168 Å². The van der Waals surface area contributed by atoms with Crippen molar-refractivity contribution in [1.29, 1.82) is 0 Å². The number of rotatable bonds is 7. The monoisotopic (exact) mass is 358 g/mol. The van der Waals surface area contributed by atoms with E-state index in [2.05, 4.69) is 10.3 Å². The average molecular weight is 358 g/mol. The van der Waals surface area contributed by atoms with Crippen LogP contribution in [0, 0.1) is 0 Å². The van der Waals surface area contributed by atoms with Crippen molar-refractivity contribution in [1.82, 2.24) is 4.98 Å². The maximum Gasteiger partial charge on any atom is 0.341 e. The van der Waals surface area contributed by atoms with Gasteiger partial charge in [-0.3, -0.25) is 14.4 Å². The molecule has 7 N–H and O–H groups in total. The van der Waals surface area contributed by atoms with Crippen LogP contribution >= 0.6 is 0 Å². The number of anilines is 1. The molecular weight excluding hydrogens is 340 g/mol. The van der Waals surface area contributed by atoms with Crippen LogP contribution in [0.1, 0.15) is 23.2 Å². The predicted octanol–water partition coefficient (Wildman–Crippen LogP) is 0.271. The molecule has 0 spiro atoms. The summed E-state index contributed by atoms with van der Waals surface area (Å²) in [6.45, 7) is 0. The molecule has 0 saturated heterocycles. The summed E-state index contributed by atoms with van der Waals surface area (Å²) in [6.07, 6.45) is 0.170. The highest BCUT2D eigenvalue weighted by Crippen LogP contribution is 2.19. The van der Waals surface area contributed by atoms with Crippen molar-refractivity contribution in [2.75, 3.05) is 5.32 Å². The van der Waals surface area contributed by atoms with E-state index in [4.69, 9.17) is 16.6 Å². The number of carboxylic acids is 1. The van der Waals surface area contributed by atoms with E-state index in [1.807, 2.05) is 0 Å². The van der Waals surface area contributed by atoms with E-state index >= 15 is 0 Å². The van der Waals surface area contributed by atoms with E-state index in [0.29, 0.717) is 16.9 Å². The van der Waals surface area contributed by atoms with E-state index < -0.39 is 29.4 Å². The quantitative estimate of drug-likeness (QED) is 0.476. The Morgan fingerprint density at radius 3 is 2.31 bits per heavy atom. The van der Waals surface area contributed by atoms with Gasteiger partial charge < -0.3 is 26.9 Å². The molecule has 26 heavy (non-hydrogen) atoms. The van der Waals surface area contributed by atoms with Crippen LogP contribution in [-0.2, 0) is 9.59 Å². The van der Waals surface area contributed by atoms with E-state index in [9.17, 15) is 19.2 Å². The van der Waals surface area contributed by atoms with E-state index in [1.165, 1.54) is 12.1 Å². The Balaban J connectivity index is 2.07. The minimum atomic E-state index is -1.30. The number of carboxylic acid groups (broad SMARTS) is 1. The van der Waals surface area contributed by atoms with Crippen molar-refractivity contribution in [3.05, 3.63) is 52.3 Å². The second-order valence-corrected chi connectivity index (χ2v) is 5.60. The number of carbonyl (C=O) groups is 3. The van der Waals surface area contributed by atoms with Crippen LogP contribution in [0.15, 0.2) is 41.2 Å². The van der Waals surface area contributed by atoms with Crippen molar-refractivity contribution in [2.24, 2.45) is 11.5 Å². The minimum absolute atomic E-state index is 0.0211. The Bertz CT molecular complexity index is 889. The largest absolute Gasteiger partial charge is 0.477 e. The van der Waals surface area contributed by atoms with Crippen molar-refractivity contribution in [3.63, 3.8) is 0 Å². The van der Waals surface area contributed by atoms with Crippen molar-refractivity contribution >= 4 is 23.5 Å². The standard InChI is InChI=1S/C17H18N4O5/c18-12(6-8-14(19)22)16(24)20-10-3-1-9(2-4-10)13-7-5-11(17(25)26)15(23)21-13/h1-5,7,12H,6,8,18H2,(H2,19,22)(H,20,24)(H,21,23)(H,25,26)/t12-/m1/s1. The number of aromatic nitrogens is 1. The molecule has 0 aliphatic carbocycles. The lowest BCUT2D eigenvalue weighted by atomic mass is 10.1. The highest BCUT2D eigenvalue weighted by molar-refractivity contribution is 5.95. The number of pyridine rings is 1. The molecule has 2 amide bonds. The van der Waals surface area contributed by atoms with Gasteiger partial charge in [-0.05, 0) is 36.2 Å². The van der Waals surface area contributed by atoms with E-state index in [-0.39, 0.29) is 18.4 Å². The lowest BCUT2D eigenvalue weighted by Gasteiger charge is -2.12. The Kier molecular flexibility index (Phi) is 5.86. The first-order chi connectivity index (χ1) is 12.3. The molecular formula is C17H18N4O5. The molecule has 0 fully saturated rings. The number of hydrogen-bond acceptors (Lipinski definition) is 5. The lowest BCUT2D eigenvalue weighted by molar-refractivity contribution is -0.119. The van der Waals surface area contributed by atoms with Crippen molar-refractivity contribution in [3.8, 4) is 11.3 Å². The normalized spacial score (nSPS) is 11.6. The van der Waals surface area contributed by atoms with Crippen LogP contribution in [0.2, 0.25) is 0 Å². The molecule has 0 saturated carbocycles. The summed E-state index contributed by atoms with van der Waals surface area (Å²) in [5, 5.41) is 11.5. The molecule has 0 radical (unpaired) electrons. The molecule has 0 aliphatic rings. The summed E-state index contributed by atoms with van der Waals surface area (Å²) in [5.41, 5.74) is 11.2. The van der Waals surface area contributed by atoms with Crippen LogP contribution in [0.25, 0.3) is 11.3 Å². The molecule has 1 atom stereocenters. The van der Waals surface area contributed by atoms with Gasteiger partial charge in [0.15, 0.2) is 0 Å². The number of aromatic carboxylic acids is 1. The first-order valence-electron chi connectivity index (χ1n) is 7.69.